The number of nitrogens with zero attached hydrogens (tertiary/aromatic N) is 1. The molecule has 0 aromatic heterocycles. The maximum atomic E-state index is 12.4. The molecule has 1 nitrogen and oxygen atoms in total. The Hall–Kier alpha value is -0.301. The van der Waals surface area contributed by atoms with Crippen molar-refractivity contribution in [3.63, 3.8) is 0 Å². The second-order valence-corrected chi connectivity index (χ2v) is 4.87. The monoisotopic (exact) mass is 329 g/mol. The third kappa shape index (κ3) is 4.83. The summed E-state index contributed by atoms with van der Waals surface area (Å²) in [5.41, 5.74) is 0. The van der Waals surface area contributed by atoms with Crippen molar-refractivity contribution >= 4 is 26.1 Å². The Morgan fingerprint density at radius 1 is 0.933 bits per heavy atom. The first-order valence-electron chi connectivity index (χ1n) is 3.96. The molecule has 0 N–H and O–H groups in total. The Morgan fingerprint density at radius 2 is 1.20 bits per heavy atom. The molecule has 1 rings (SSSR count). The van der Waals surface area contributed by atoms with Crippen LogP contribution in [0.25, 0.3) is 0 Å². The van der Waals surface area contributed by atoms with E-state index in [0.29, 0.717) is 0 Å². The van der Waals surface area contributed by atoms with Crippen LogP contribution in [0, 0.1) is 23.3 Å². The molecule has 0 aliphatic rings. The summed E-state index contributed by atoms with van der Waals surface area (Å²) < 4.78 is 48.9. The second-order valence-electron chi connectivity index (χ2n) is 3.22. The van der Waals surface area contributed by atoms with Gasteiger partial charge in [-0.15, -0.1) is 0 Å². The van der Waals surface area contributed by atoms with E-state index in [2.05, 4.69) is 0 Å². The average molecular weight is 328 g/mol. The van der Waals surface area contributed by atoms with E-state index < -0.39 is 26.8 Å². The van der Waals surface area contributed by atoms with Crippen LogP contribution in [0.4, 0.5) is 17.6 Å². The molecule has 6 heteroatoms. The topological polar surface area (TPSA) is 3.24 Å². The number of halogens is 4. The first-order chi connectivity index (χ1) is 6.77. The van der Waals surface area contributed by atoms with Crippen molar-refractivity contribution in [1.29, 1.82) is 0 Å². The van der Waals surface area contributed by atoms with Crippen molar-refractivity contribution in [2.24, 2.45) is 0 Å². The van der Waals surface area contributed by atoms with Gasteiger partial charge in [-0.05, 0) is 21.1 Å². The molecule has 0 aliphatic heterocycles. The predicted molar refractivity (Wildman–Crippen MR) is 52.7 cm³/mol. The molecule has 0 amide bonds. The quantitative estimate of drug-likeness (QED) is 0.389. The molecule has 15 heavy (non-hydrogen) atoms. The Morgan fingerprint density at radius 3 is 1.47 bits per heavy atom. The molecule has 0 aliphatic carbocycles. The fourth-order valence-electron chi connectivity index (χ4n) is 0.592. The van der Waals surface area contributed by atoms with Crippen LogP contribution in [0.1, 0.15) is 0 Å². The van der Waals surface area contributed by atoms with Crippen LogP contribution in [0.3, 0.4) is 0 Å². The van der Waals surface area contributed by atoms with Gasteiger partial charge in [-0.25, -0.2) is 0 Å². The molecule has 0 bridgehead atoms. The Kier molecular flexibility index (Phi) is 6.19. The molecule has 0 saturated carbocycles. The SMILES string of the molecule is CN(C)C.Fc1cc(F)c(F)[c]([SnH])c1F. The normalized spacial score (nSPS) is 9.93. The molecule has 0 unspecified atom stereocenters. The Balaban J connectivity index is 0.000000423. The molecule has 84 valence electrons. The van der Waals surface area contributed by atoms with Gasteiger partial charge in [0.25, 0.3) is 0 Å². The number of hydrogen-bond donors (Lipinski definition) is 0. The van der Waals surface area contributed by atoms with Gasteiger partial charge in [0.1, 0.15) is 0 Å². The van der Waals surface area contributed by atoms with E-state index in [1.165, 1.54) is 0 Å². The molecule has 0 fully saturated rings. The minimum absolute atomic E-state index is 0.0111. The van der Waals surface area contributed by atoms with Crippen molar-refractivity contribution in [1.82, 2.24) is 4.90 Å². The van der Waals surface area contributed by atoms with E-state index in [9.17, 15) is 17.6 Å². The second kappa shape index (κ2) is 6.32. The van der Waals surface area contributed by atoms with Crippen molar-refractivity contribution in [3.8, 4) is 0 Å². The van der Waals surface area contributed by atoms with E-state index in [-0.39, 0.29) is 28.6 Å². The first kappa shape index (κ1) is 14.7. The summed E-state index contributed by atoms with van der Waals surface area (Å²) >= 11 is 0.0111. The van der Waals surface area contributed by atoms with Gasteiger partial charge < -0.3 is 4.90 Å². The van der Waals surface area contributed by atoms with Crippen LogP contribution in [0.15, 0.2) is 6.07 Å². The van der Waals surface area contributed by atoms with Crippen LogP contribution in [0.5, 0.6) is 0 Å². The van der Waals surface area contributed by atoms with Gasteiger partial charge >= 0.3 is 73.0 Å². The van der Waals surface area contributed by atoms with Crippen molar-refractivity contribution in [2.75, 3.05) is 21.1 Å². The fraction of sp³-hybridized carbons (Fsp3) is 0.333. The fourth-order valence-corrected chi connectivity index (χ4v) is 1.38. The first-order valence-corrected chi connectivity index (χ1v) is 5.61. The third-order valence-corrected chi connectivity index (χ3v) is 2.59. The molecular weight excluding hydrogens is 317 g/mol. The van der Waals surface area contributed by atoms with Gasteiger partial charge in [-0.1, -0.05) is 0 Å². The summed E-state index contributed by atoms with van der Waals surface area (Å²) in [7, 11) is 6.00. The van der Waals surface area contributed by atoms with Crippen LogP contribution in [-0.2, 0) is 0 Å². The molecule has 0 heterocycles. The zero-order chi connectivity index (χ0) is 12.2. The molecule has 1 aromatic carbocycles. The molecule has 0 saturated heterocycles. The van der Waals surface area contributed by atoms with Crippen molar-refractivity contribution in [2.45, 2.75) is 0 Å². The van der Waals surface area contributed by atoms with Crippen LogP contribution in [0.2, 0.25) is 0 Å². The number of hydrogen-bond acceptors (Lipinski definition) is 1. The van der Waals surface area contributed by atoms with E-state index in [4.69, 9.17) is 0 Å². The van der Waals surface area contributed by atoms with Crippen molar-refractivity contribution in [3.05, 3.63) is 29.3 Å². The summed E-state index contributed by atoms with van der Waals surface area (Å²) in [5, 5.41) is 0. The molecule has 0 atom stereocenters. The number of rotatable bonds is 0. The standard InChI is InChI=1S/C6HF4.C3H9N.Sn.H/c7-3-1-4(8)6(10)2-5(3)9;1-4(2)3;;/h1H;1-3H3;;. The van der Waals surface area contributed by atoms with Gasteiger partial charge in [-0.3, -0.25) is 0 Å². The van der Waals surface area contributed by atoms with E-state index in [1.54, 1.807) is 0 Å². The summed E-state index contributed by atoms with van der Waals surface area (Å²) in [6, 6.07) is 0.199. The van der Waals surface area contributed by atoms with E-state index in [0.717, 1.165) is 0 Å². The van der Waals surface area contributed by atoms with Crippen LogP contribution >= 0.6 is 0 Å². The summed E-state index contributed by atoms with van der Waals surface area (Å²) in [5.74, 6) is -5.25. The molecular formula is C9H11F4NSn. The molecule has 1 aromatic rings. The zero-order valence-corrected chi connectivity index (χ0v) is 11.9. The van der Waals surface area contributed by atoms with E-state index >= 15 is 0 Å². The van der Waals surface area contributed by atoms with E-state index in [1.807, 2.05) is 26.0 Å². The van der Waals surface area contributed by atoms with Gasteiger partial charge in [0.2, 0.25) is 0 Å². The zero-order valence-electron chi connectivity index (χ0n) is 8.61. The summed E-state index contributed by atoms with van der Waals surface area (Å²) in [6.07, 6.45) is 0. The minimum atomic E-state index is -1.34. The van der Waals surface area contributed by atoms with Gasteiger partial charge in [-0.2, -0.15) is 0 Å². The van der Waals surface area contributed by atoms with Crippen LogP contribution < -0.4 is 3.58 Å². The predicted octanol–water partition coefficient (Wildman–Crippen LogP) is 0.947. The third-order valence-electron chi connectivity index (χ3n) is 1.15. The average Bonchev–Trinajstić information content (AvgIpc) is 2.11. The maximum absolute atomic E-state index is 12.4. The summed E-state index contributed by atoms with van der Waals surface area (Å²) in [4.78, 5) is 2.00. The molecule has 0 spiro atoms. The van der Waals surface area contributed by atoms with Crippen molar-refractivity contribution < 1.29 is 17.6 Å². The summed E-state index contributed by atoms with van der Waals surface area (Å²) in [6.45, 7) is 0. The number of benzene rings is 1. The Bertz CT molecular complexity index is 312. The van der Waals surface area contributed by atoms with Gasteiger partial charge in [0.05, 0.1) is 0 Å². The Labute approximate surface area is 99.2 Å². The van der Waals surface area contributed by atoms with Gasteiger partial charge in [0.15, 0.2) is 0 Å². The molecule has 2 radical (unpaired) electrons. The van der Waals surface area contributed by atoms with Gasteiger partial charge in [0, 0.05) is 0 Å². The van der Waals surface area contributed by atoms with Crippen LogP contribution in [-0.4, -0.2) is 48.6 Å².